The topological polar surface area (TPSA) is 21.3 Å². The Labute approximate surface area is 107 Å². The smallest absolute Gasteiger partial charge is 0.122 e. The molecule has 1 N–H and O–H groups in total. The van der Waals surface area contributed by atoms with Crippen molar-refractivity contribution >= 4 is 15.9 Å². The number of ether oxygens (including phenoxy) is 1. The maximum absolute atomic E-state index is 5.38. The van der Waals surface area contributed by atoms with Gasteiger partial charge in [0.1, 0.15) is 5.75 Å². The zero-order valence-electron chi connectivity index (χ0n) is 10.4. The van der Waals surface area contributed by atoms with E-state index in [0.29, 0.717) is 0 Å². The van der Waals surface area contributed by atoms with Crippen LogP contribution >= 0.6 is 15.9 Å². The molecule has 0 bridgehead atoms. The molecule has 0 aliphatic carbocycles. The molecule has 0 heterocycles. The van der Waals surface area contributed by atoms with E-state index < -0.39 is 0 Å². The van der Waals surface area contributed by atoms with Gasteiger partial charge in [0.2, 0.25) is 0 Å². The van der Waals surface area contributed by atoms with E-state index in [9.17, 15) is 0 Å². The summed E-state index contributed by atoms with van der Waals surface area (Å²) in [6, 6.07) is 6.15. The summed E-state index contributed by atoms with van der Waals surface area (Å²) in [5, 5.41) is 3.23. The molecule has 0 aliphatic heterocycles. The van der Waals surface area contributed by atoms with Crippen molar-refractivity contribution in [2.75, 3.05) is 20.7 Å². The number of benzene rings is 1. The van der Waals surface area contributed by atoms with Crippen molar-refractivity contribution in [2.24, 2.45) is 5.41 Å². The molecule has 3 heteroatoms. The number of methoxy groups -OCH3 is 1. The van der Waals surface area contributed by atoms with Gasteiger partial charge in [0.15, 0.2) is 0 Å². The molecule has 1 rings (SSSR count). The zero-order chi connectivity index (χ0) is 12.2. The first-order valence-corrected chi connectivity index (χ1v) is 6.25. The summed E-state index contributed by atoms with van der Waals surface area (Å²) in [5.41, 5.74) is 1.47. The first kappa shape index (κ1) is 13.5. The predicted octanol–water partition coefficient (Wildman–Crippen LogP) is 3.25. The number of hydrogen-bond acceptors (Lipinski definition) is 2. The molecule has 0 aromatic heterocycles. The molecule has 1 aromatic carbocycles. The summed E-state index contributed by atoms with van der Waals surface area (Å²) in [7, 11) is 3.71. The van der Waals surface area contributed by atoms with Crippen LogP contribution in [0.15, 0.2) is 22.7 Å². The van der Waals surface area contributed by atoms with Gasteiger partial charge >= 0.3 is 0 Å². The first-order valence-electron chi connectivity index (χ1n) is 5.45. The Balaban J connectivity index is 2.90. The maximum atomic E-state index is 5.38. The summed E-state index contributed by atoms with van der Waals surface area (Å²) < 4.78 is 6.48. The SMILES string of the molecule is CNCC(C)(C)Cc1cc(Br)ccc1OC. The summed E-state index contributed by atoms with van der Waals surface area (Å²) in [6.07, 6.45) is 0.996. The Morgan fingerprint density at radius 2 is 2.06 bits per heavy atom. The molecule has 0 fully saturated rings. The number of nitrogens with one attached hydrogen (secondary N) is 1. The fourth-order valence-corrected chi connectivity index (χ4v) is 2.35. The molecule has 0 saturated heterocycles. The van der Waals surface area contributed by atoms with Crippen molar-refractivity contribution in [1.29, 1.82) is 0 Å². The zero-order valence-corrected chi connectivity index (χ0v) is 12.0. The molecule has 16 heavy (non-hydrogen) atoms. The lowest BCUT2D eigenvalue weighted by molar-refractivity contribution is 0.338. The minimum atomic E-state index is 0.225. The van der Waals surface area contributed by atoms with Crippen molar-refractivity contribution in [3.05, 3.63) is 28.2 Å². The van der Waals surface area contributed by atoms with Crippen molar-refractivity contribution in [3.63, 3.8) is 0 Å². The van der Waals surface area contributed by atoms with Crippen molar-refractivity contribution in [1.82, 2.24) is 5.32 Å². The van der Waals surface area contributed by atoms with Gasteiger partial charge in [-0.1, -0.05) is 29.8 Å². The molecule has 0 amide bonds. The molecule has 0 spiro atoms. The summed E-state index contributed by atoms with van der Waals surface area (Å²) >= 11 is 3.50. The van der Waals surface area contributed by atoms with Gasteiger partial charge in [-0.3, -0.25) is 0 Å². The highest BCUT2D eigenvalue weighted by Crippen LogP contribution is 2.29. The summed E-state index contributed by atoms with van der Waals surface area (Å²) in [4.78, 5) is 0. The Morgan fingerprint density at radius 1 is 1.38 bits per heavy atom. The summed E-state index contributed by atoms with van der Waals surface area (Å²) in [6.45, 7) is 5.50. The Hall–Kier alpha value is -0.540. The molecule has 0 saturated carbocycles. The summed E-state index contributed by atoms with van der Waals surface area (Å²) in [5.74, 6) is 0.965. The lowest BCUT2D eigenvalue weighted by Crippen LogP contribution is -2.28. The Bertz CT molecular complexity index is 350. The van der Waals surface area contributed by atoms with E-state index in [1.807, 2.05) is 19.2 Å². The second kappa shape index (κ2) is 5.69. The average molecular weight is 286 g/mol. The van der Waals surface area contributed by atoms with Crippen LogP contribution < -0.4 is 10.1 Å². The highest BCUT2D eigenvalue weighted by Gasteiger charge is 2.19. The van der Waals surface area contributed by atoms with E-state index in [4.69, 9.17) is 4.74 Å². The minimum Gasteiger partial charge on any atom is -0.496 e. The molecule has 0 atom stereocenters. The standard InChI is InChI=1S/C13H20BrNO/c1-13(2,9-15-3)8-10-7-11(14)5-6-12(10)16-4/h5-7,15H,8-9H2,1-4H3. The van der Waals surface area contributed by atoms with Crippen molar-refractivity contribution in [2.45, 2.75) is 20.3 Å². The molecule has 0 aliphatic rings. The van der Waals surface area contributed by atoms with E-state index >= 15 is 0 Å². The fraction of sp³-hybridized carbons (Fsp3) is 0.538. The molecule has 2 nitrogen and oxygen atoms in total. The lowest BCUT2D eigenvalue weighted by Gasteiger charge is -2.25. The van der Waals surface area contributed by atoms with E-state index in [0.717, 1.165) is 23.2 Å². The van der Waals surface area contributed by atoms with Crippen LogP contribution in [0, 0.1) is 5.41 Å². The van der Waals surface area contributed by atoms with E-state index in [1.165, 1.54) is 5.56 Å². The average Bonchev–Trinajstić information content (AvgIpc) is 2.17. The predicted molar refractivity (Wildman–Crippen MR) is 72.1 cm³/mol. The van der Waals surface area contributed by atoms with Crippen LogP contribution in [-0.2, 0) is 6.42 Å². The van der Waals surface area contributed by atoms with Crippen LogP contribution in [0.4, 0.5) is 0 Å². The van der Waals surface area contributed by atoms with Crippen LogP contribution in [0.1, 0.15) is 19.4 Å². The first-order chi connectivity index (χ1) is 7.48. The maximum Gasteiger partial charge on any atom is 0.122 e. The van der Waals surface area contributed by atoms with Crippen LogP contribution in [0.5, 0.6) is 5.75 Å². The molecular formula is C13H20BrNO. The number of halogens is 1. The highest BCUT2D eigenvalue weighted by atomic mass is 79.9. The highest BCUT2D eigenvalue weighted by molar-refractivity contribution is 9.10. The number of rotatable bonds is 5. The van der Waals surface area contributed by atoms with Gasteiger partial charge in [-0.05, 0) is 42.6 Å². The third kappa shape index (κ3) is 3.80. The third-order valence-corrected chi connectivity index (χ3v) is 3.06. The Kier molecular flexibility index (Phi) is 4.81. The van der Waals surface area contributed by atoms with E-state index in [2.05, 4.69) is 41.2 Å². The van der Waals surface area contributed by atoms with Crippen molar-refractivity contribution < 1.29 is 4.74 Å². The Morgan fingerprint density at radius 3 is 2.62 bits per heavy atom. The van der Waals surface area contributed by atoms with Gasteiger partial charge in [-0.15, -0.1) is 0 Å². The lowest BCUT2D eigenvalue weighted by atomic mass is 9.85. The van der Waals surface area contributed by atoms with Crippen LogP contribution in [0.25, 0.3) is 0 Å². The van der Waals surface area contributed by atoms with Gasteiger partial charge in [-0.25, -0.2) is 0 Å². The fourth-order valence-electron chi connectivity index (χ4n) is 1.94. The van der Waals surface area contributed by atoms with E-state index in [1.54, 1.807) is 7.11 Å². The van der Waals surface area contributed by atoms with Crippen molar-refractivity contribution in [3.8, 4) is 5.75 Å². The third-order valence-electron chi connectivity index (χ3n) is 2.57. The van der Waals surface area contributed by atoms with Crippen LogP contribution in [0.2, 0.25) is 0 Å². The number of hydrogen-bond donors (Lipinski definition) is 1. The second-order valence-corrected chi connectivity index (χ2v) is 5.74. The second-order valence-electron chi connectivity index (χ2n) is 4.83. The monoisotopic (exact) mass is 285 g/mol. The largest absolute Gasteiger partial charge is 0.496 e. The quantitative estimate of drug-likeness (QED) is 0.897. The molecule has 90 valence electrons. The van der Waals surface area contributed by atoms with Gasteiger partial charge in [0, 0.05) is 11.0 Å². The van der Waals surface area contributed by atoms with Crippen LogP contribution in [-0.4, -0.2) is 20.7 Å². The van der Waals surface area contributed by atoms with Gasteiger partial charge in [-0.2, -0.15) is 0 Å². The van der Waals surface area contributed by atoms with Gasteiger partial charge < -0.3 is 10.1 Å². The molecule has 0 unspecified atom stereocenters. The van der Waals surface area contributed by atoms with Gasteiger partial charge in [0.25, 0.3) is 0 Å². The molecular weight excluding hydrogens is 266 g/mol. The van der Waals surface area contributed by atoms with Crippen LogP contribution in [0.3, 0.4) is 0 Å². The minimum absolute atomic E-state index is 0.225. The normalized spacial score (nSPS) is 11.6. The van der Waals surface area contributed by atoms with Gasteiger partial charge in [0.05, 0.1) is 7.11 Å². The molecule has 0 radical (unpaired) electrons. The molecule has 1 aromatic rings. The van der Waals surface area contributed by atoms with E-state index in [-0.39, 0.29) is 5.41 Å².